The van der Waals surface area contributed by atoms with Gasteiger partial charge in [0, 0.05) is 39.6 Å². The third-order valence-electron chi connectivity index (χ3n) is 5.48. The van der Waals surface area contributed by atoms with E-state index in [0.717, 1.165) is 41.0 Å². The number of benzene rings is 2. The molecule has 1 aromatic heterocycles. The minimum Gasteiger partial charge on any atom is -0.326 e. The second-order valence-corrected chi connectivity index (χ2v) is 8.40. The van der Waals surface area contributed by atoms with Crippen molar-refractivity contribution in [1.29, 1.82) is 0 Å². The minimum absolute atomic E-state index is 0.0607. The highest BCUT2D eigenvalue weighted by Crippen LogP contribution is 2.30. The molecule has 1 aliphatic carbocycles. The molecule has 0 spiro atoms. The first kappa shape index (κ1) is 21.8. The topological polar surface area (TPSA) is 76.0 Å². The summed E-state index contributed by atoms with van der Waals surface area (Å²) in [7, 11) is 0. The number of hydrogen-bond acceptors (Lipinski definition) is 3. The zero-order valence-electron chi connectivity index (χ0n) is 18.1. The van der Waals surface area contributed by atoms with Crippen molar-refractivity contribution in [2.45, 2.75) is 33.2 Å². The summed E-state index contributed by atoms with van der Waals surface area (Å²) < 4.78 is 1.89. The Morgan fingerprint density at radius 3 is 2.38 bits per heavy atom. The van der Waals surface area contributed by atoms with Crippen LogP contribution in [0.4, 0.5) is 11.4 Å². The van der Waals surface area contributed by atoms with Crippen LogP contribution in [0.3, 0.4) is 0 Å². The van der Waals surface area contributed by atoms with Crippen LogP contribution in [-0.4, -0.2) is 21.6 Å². The van der Waals surface area contributed by atoms with E-state index in [0.29, 0.717) is 17.3 Å². The molecule has 4 rings (SSSR count). The Morgan fingerprint density at radius 1 is 1.06 bits per heavy atom. The van der Waals surface area contributed by atoms with Crippen molar-refractivity contribution in [2.75, 3.05) is 10.6 Å². The van der Waals surface area contributed by atoms with Gasteiger partial charge in [-0.1, -0.05) is 29.8 Å². The Kier molecular flexibility index (Phi) is 6.42. The highest BCUT2D eigenvalue weighted by atomic mass is 35.5. The molecule has 0 atom stereocenters. The highest BCUT2D eigenvalue weighted by Gasteiger charge is 2.29. The van der Waals surface area contributed by atoms with Gasteiger partial charge in [0.2, 0.25) is 11.8 Å². The lowest BCUT2D eigenvalue weighted by Crippen LogP contribution is -2.13. The lowest BCUT2D eigenvalue weighted by atomic mass is 10.1. The zero-order valence-corrected chi connectivity index (χ0v) is 18.8. The van der Waals surface area contributed by atoms with Crippen molar-refractivity contribution in [1.82, 2.24) is 9.78 Å². The molecule has 6 nitrogen and oxygen atoms in total. The summed E-state index contributed by atoms with van der Waals surface area (Å²) in [6.45, 7) is 4.46. The molecule has 0 bridgehead atoms. The van der Waals surface area contributed by atoms with Gasteiger partial charge in [-0.3, -0.25) is 14.3 Å². The van der Waals surface area contributed by atoms with Gasteiger partial charge in [-0.05, 0) is 68.7 Å². The largest absolute Gasteiger partial charge is 0.326 e. The van der Waals surface area contributed by atoms with E-state index in [1.807, 2.05) is 42.8 Å². The molecule has 32 heavy (non-hydrogen) atoms. The molecule has 2 N–H and O–H groups in total. The molecule has 7 heteroatoms. The van der Waals surface area contributed by atoms with Crippen LogP contribution < -0.4 is 10.6 Å². The highest BCUT2D eigenvalue weighted by molar-refractivity contribution is 6.31. The van der Waals surface area contributed by atoms with Crippen molar-refractivity contribution in [3.05, 3.63) is 82.1 Å². The molecule has 2 amide bonds. The third kappa shape index (κ3) is 5.26. The maximum atomic E-state index is 12.4. The van der Waals surface area contributed by atoms with Gasteiger partial charge in [-0.15, -0.1) is 0 Å². The number of nitrogens with zero attached hydrogens (tertiary/aromatic N) is 2. The Bertz CT molecular complexity index is 1180. The van der Waals surface area contributed by atoms with Crippen LogP contribution in [0.25, 0.3) is 6.08 Å². The number of carbonyl (C=O) groups is 2. The van der Waals surface area contributed by atoms with Crippen molar-refractivity contribution in [3.8, 4) is 0 Å². The van der Waals surface area contributed by atoms with Crippen molar-refractivity contribution >= 4 is 40.9 Å². The lowest BCUT2D eigenvalue weighted by Gasteiger charge is -2.07. The number of carbonyl (C=O) groups excluding carboxylic acids is 2. The molecule has 3 aromatic rings. The van der Waals surface area contributed by atoms with Gasteiger partial charge < -0.3 is 10.6 Å². The molecular weight excluding hydrogens is 424 g/mol. The van der Waals surface area contributed by atoms with E-state index in [9.17, 15) is 9.59 Å². The summed E-state index contributed by atoms with van der Waals surface area (Å²) in [6, 6.07) is 14.8. The van der Waals surface area contributed by atoms with Gasteiger partial charge in [-0.25, -0.2) is 0 Å². The first-order valence-corrected chi connectivity index (χ1v) is 11.0. The van der Waals surface area contributed by atoms with Gasteiger partial charge in [0.05, 0.1) is 12.2 Å². The number of hydrogen-bond donors (Lipinski definition) is 2. The summed E-state index contributed by atoms with van der Waals surface area (Å²) in [6.07, 6.45) is 5.20. The molecule has 2 aromatic carbocycles. The molecule has 1 fully saturated rings. The van der Waals surface area contributed by atoms with Gasteiger partial charge in [0.25, 0.3) is 0 Å². The van der Waals surface area contributed by atoms with Crippen LogP contribution in [0.1, 0.15) is 35.4 Å². The quantitative estimate of drug-likeness (QED) is 0.487. The van der Waals surface area contributed by atoms with Crippen LogP contribution in [0.15, 0.2) is 54.6 Å². The summed E-state index contributed by atoms with van der Waals surface area (Å²) in [5, 5.41) is 11.0. The number of aromatic nitrogens is 2. The van der Waals surface area contributed by atoms with Crippen LogP contribution in [0.2, 0.25) is 5.02 Å². The molecule has 164 valence electrons. The molecular formula is C25H25ClN4O2. The number of aryl methyl sites for hydroxylation is 1. The van der Waals surface area contributed by atoms with Crippen LogP contribution in [-0.2, 0) is 16.1 Å². The fourth-order valence-electron chi connectivity index (χ4n) is 3.46. The Balaban J connectivity index is 1.38. The number of rotatable bonds is 7. The average Bonchev–Trinajstić information content (AvgIpc) is 3.58. The summed E-state index contributed by atoms with van der Waals surface area (Å²) in [5.41, 5.74) is 5.09. The van der Waals surface area contributed by atoms with E-state index in [4.69, 9.17) is 11.6 Å². The molecule has 1 heterocycles. The predicted octanol–water partition coefficient (Wildman–Crippen LogP) is 5.20. The third-order valence-corrected chi connectivity index (χ3v) is 5.85. The number of halogens is 1. The predicted molar refractivity (Wildman–Crippen MR) is 128 cm³/mol. The Labute approximate surface area is 192 Å². The van der Waals surface area contributed by atoms with E-state index >= 15 is 0 Å². The van der Waals surface area contributed by atoms with E-state index in [2.05, 4.69) is 15.7 Å². The first-order chi connectivity index (χ1) is 15.4. The normalized spacial score (nSPS) is 13.3. The van der Waals surface area contributed by atoms with Crippen LogP contribution in [0, 0.1) is 19.8 Å². The van der Waals surface area contributed by atoms with Crippen molar-refractivity contribution in [2.24, 2.45) is 5.92 Å². The van der Waals surface area contributed by atoms with Crippen molar-refractivity contribution < 1.29 is 9.59 Å². The minimum atomic E-state index is -0.239. The van der Waals surface area contributed by atoms with E-state index in [1.54, 1.807) is 30.3 Å². The maximum absolute atomic E-state index is 12.4. The second kappa shape index (κ2) is 9.40. The maximum Gasteiger partial charge on any atom is 0.248 e. The van der Waals surface area contributed by atoms with E-state index in [-0.39, 0.29) is 17.7 Å². The van der Waals surface area contributed by atoms with Crippen LogP contribution >= 0.6 is 11.6 Å². The lowest BCUT2D eigenvalue weighted by molar-refractivity contribution is -0.117. The molecule has 0 saturated heterocycles. The monoisotopic (exact) mass is 448 g/mol. The zero-order chi connectivity index (χ0) is 22.7. The number of nitrogens with one attached hydrogen (secondary N) is 2. The van der Waals surface area contributed by atoms with E-state index < -0.39 is 0 Å². The van der Waals surface area contributed by atoms with Gasteiger partial charge in [-0.2, -0.15) is 5.10 Å². The summed E-state index contributed by atoms with van der Waals surface area (Å²) in [4.78, 5) is 24.2. The average molecular weight is 449 g/mol. The second-order valence-electron chi connectivity index (χ2n) is 8.00. The first-order valence-electron chi connectivity index (χ1n) is 10.6. The number of amides is 2. The smallest absolute Gasteiger partial charge is 0.248 e. The summed E-state index contributed by atoms with van der Waals surface area (Å²) in [5.74, 6) is -0.0246. The Morgan fingerprint density at radius 2 is 1.72 bits per heavy atom. The van der Waals surface area contributed by atoms with Crippen molar-refractivity contribution in [3.63, 3.8) is 0 Å². The SMILES string of the molecule is Cc1nn(Cc2ccccc2Cl)c(C)c1/C=C/C(=O)Nc1ccc(NC(=O)C2CC2)cc1. The van der Waals surface area contributed by atoms with Gasteiger partial charge >= 0.3 is 0 Å². The molecule has 1 saturated carbocycles. The molecule has 0 unspecified atom stereocenters. The number of anilines is 2. The van der Waals surface area contributed by atoms with Gasteiger partial charge in [0.15, 0.2) is 0 Å². The molecule has 0 aliphatic heterocycles. The van der Waals surface area contributed by atoms with Gasteiger partial charge in [0.1, 0.15) is 0 Å². The van der Waals surface area contributed by atoms with Crippen LogP contribution in [0.5, 0.6) is 0 Å². The Hall–Kier alpha value is -3.38. The fourth-order valence-corrected chi connectivity index (χ4v) is 3.66. The van der Waals surface area contributed by atoms with E-state index in [1.165, 1.54) is 6.08 Å². The molecule has 0 radical (unpaired) electrons. The summed E-state index contributed by atoms with van der Waals surface area (Å²) >= 11 is 6.28. The molecule has 1 aliphatic rings. The fraction of sp³-hybridized carbons (Fsp3) is 0.240. The standard InChI is InChI=1S/C25H25ClN4O2/c1-16-22(17(2)30(29-16)15-19-5-3-4-6-23(19)26)13-14-24(31)27-20-9-11-21(12-10-20)28-25(32)18-7-8-18/h3-6,9-14,18H,7-8,15H2,1-2H3,(H,27,31)(H,28,32)/b14-13+.